The van der Waals surface area contributed by atoms with Crippen LogP contribution in [0.3, 0.4) is 0 Å². The van der Waals surface area contributed by atoms with Crippen LogP contribution in [0.2, 0.25) is 0 Å². The first-order valence-electron chi connectivity index (χ1n) is 37.1. The van der Waals surface area contributed by atoms with Gasteiger partial charge in [0.2, 0.25) is 0 Å². The molecule has 0 amide bonds. The molecule has 0 aromatic carbocycles. The van der Waals surface area contributed by atoms with E-state index in [4.69, 9.17) is 14.2 Å². The van der Waals surface area contributed by atoms with E-state index in [9.17, 15) is 14.4 Å². The molecule has 0 heterocycles. The molecule has 0 aliphatic heterocycles. The maximum atomic E-state index is 12.9. The second-order valence-electron chi connectivity index (χ2n) is 25.2. The minimum absolute atomic E-state index is 0.0680. The van der Waals surface area contributed by atoms with Gasteiger partial charge < -0.3 is 14.2 Å². The Kier molecular flexibility index (Phi) is 69.6. The first-order chi connectivity index (χ1) is 41.0. The summed E-state index contributed by atoms with van der Waals surface area (Å²) in [6.45, 7) is 6.61. The zero-order chi connectivity index (χ0) is 59.9. The predicted molar refractivity (Wildman–Crippen MR) is 362 cm³/mol. The Morgan fingerprint density at radius 3 is 0.687 bits per heavy atom. The molecule has 0 N–H and O–H groups in total. The molecule has 0 aromatic heterocycles. The molecule has 0 aromatic rings. The van der Waals surface area contributed by atoms with Crippen molar-refractivity contribution < 1.29 is 28.6 Å². The van der Waals surface area contributed by atoms with Crippen molar-refractivity contribution in [2.24, 2.45) is 0 Å². The highest BCUT2D eigenvalue weighted by Gasteiger charge is 2.19. The van der Waals surface area contributed by atoms with E-state index in [2.05, 4.69) is 69.4 Å². The topological polar surface area (TPSA) is 78.9 Å². The Balaban J connectivity index is 3.90. The standard InChI is InChI=1S/C77H142O6/c1-4-7-10-13-15-17-19-21-23-25-27-29-31-33-35-36-37-38-39-40-42-43-45-47-49-51-53-55-57-59-61-64-67-70-76(79)82-73-74(72-81-75(78)69-66-63-12-9-6-3)83-77(80)71-68-65-62-60-58-56-54-52-50-48-46-44-41-34-32-30-28-26-24-22-20-18-16-14-11-8-5-2/h19,21,25-28,31,33,74H,4-18,20,22-24,29-30,32,34-73H2,1-3H3/b21-19-,27-25-,28-26-,33-31-. The first kappa shape index (κ1) is 80.4. The summed E-state index contributed by atoms with van der Waals surface area (Å²) in [7, 11) is 0. The maximum absolute atomic E-state index is 12.9. The van der Waals surface area contributed by atoms with Crippen molar-refractivity contribution in [2.45, 2.75) is 412 Å². The number of carbonyl (C=O) groups excluding carboxylic acids is 3. The highest BCUT2D eigenvalue weighted by molar-refractivity contribution is 5.71. The average molecular weight is 1160 g/mol. The molecular weight excluding hydrogens is 1020 g/mol. The van der Waals surface area contributed by atoms with Crippen molar-refractivity contribution >= 4 is 17.9 Å². The number of hydrogen-bond acceptors (Lipinski definition) is 6. The van der Waals surface area contributed by atoms with Crippen LogP contribution < -0.4 is 0 Å². The van der Waals surface area contributed by atoms with E-state index in [1.54, 1.807) is 0 Å². The third kappa shape index (κ3) is 70.0. The third-order valence-electron chi connectivity index (χ3n) is 16.8. The summed E-state index contributed by atoms with van der Waals surface area (Å²) in [4.78, 5) is 38.1. The number of unbranched alkanes of at least 4 members (excludes halogenated alkanes) is 50. The van der Waals surface area contributed by atoms with Gasteiger partial charge in [-0.2, -0.15) is 0 Å². The number of allylic oxidation sites excluding steroid dienone is 8. The number of esters is 3. The van der Waals surface area contributed by atoms with Gasteiger partial charge in [0, 0.05) is 19.3 Å². The zero-order valence-electron chi connectivity index (χ0n) is 56.0. The summed E-state index contributed by atoms with van der Waals surface area (Å²) in [5.74, 6) is -0.857. The fourth-order valence-corrected chi connectivity index (χ4v) is 11.2. The van der Waals surface area contributed by atoms with E-state index in [-0.39, 0.29) is 31.1 Å². The van der Waals surface area contributed by atoms with Gasteiger partial charge in [-0.05, 0) is 83.5 Å². The molecule has 83 heavy (non-hydrogen) atoms. The molecule has 1 unspecified atom stereocenters. The van der Waals surface area contributed by atoms with E-state index < -0.39 is 6.10 Å². The van der Waals surface area contributed by atoms with Gasteiger partial charge in [0.15, 0.2) is 6.10 Å². The SMILES string of the molecule is CCCCCCC/C=C\C/C=C\C/C=C\CCCCCCCCCCCCCCCCCCCCC(=O)OCC(COC(=O)CCCCCCC)OC(=O)CCCCCCCCCCCCCCCCC/C=C\CCCCCCCCCC. The highest BCUT2D eigenvalue weighted by atomic mass is 16.6. The number of carbonyl (C=O) groups is 3. The summed E-state index contributed by atoms with van der Waals surface area (Å²) in [6, 6.07) is 0. The quantitative estimate of drug-likeness (QED) is 0.0261. The van der Waals surface area contributed by atoms with Gasteiger partial charge in [0.1, 0.15) is 13.2 Å². The molecule has 0 aliphatic carbocycles. The van der Waals surface area contributed by atoms with Gasteiger partial charge >= 0.3 is 17.9 Å². The van der Waals surface area contributed by atoms with Crippen LogP contribution in [0.4, 0.5) is 0 Å². The van der Waals surface area contributed by atoms with Crippen molar-refractivity contribution in [3.05, 3.63) is 48.6 Å². The summed E-state index contributed by atoms with van der Waals surface area (Å²) < 4.78 is 16.8. The van der Waals surface area contributed by atoms with Crippen LogP contribution in [-0.2, 0) is 28.6 Å². The van der Waals surface area contributed by atoms with E-state index in [0.717, 1.165) is 77.0 Å². The molecule has 0 fully saturated rings. The van der Waals surface area contributed by atoms with E-state index in [1.165, 1.54) is 289 Å². The van der Waals surface area contributed by atoms with Crippen molar-refractivity contribution in [2.75, 3.05) is 13.2 Å². The van der Waals surface area contributed by atoms with Crippen LogP contribution >= 0.6 is 0 Å². The Hall–Kier alpha value is -2.63. The zero-order valence-corrected chi connectivity index (χ0v) is 56.0. The Morgan fingerprint density at radius 2 is 0.434 bits per heavy atom. The van der Waals surface area contributed by atoms with E-state index in [0.29, 0.717) is 19.3 Å². The van der Waals surface area contributed by atoms with E-state index >= 15 is 0 Å². The van der Waals surface area contributed by atoms with Crippen molar-refractivity contribution in [3.63, 3.8) is 0 Å². The highest BCUT2D eigenvalue weighted by Crippen LogP contribution is 2.19. The summed E-state index contributed by atoms with van der Waals surface area (Å²) >= 11 is 0. The lowest BCUT2D eigenvalue weighted by atomic mass is 10.0. The van der Waals surface area contributed by atoms with Gasteiger partial charge in [0.25, 0.3) is 0 Å². The number of ether oxygens (including phenoxy) is 3. The van der Waals surface area contributed by atoms with Crippen molar-refractivity contribution in [3.8, 4) is 0 Å². The fourth-order valence-electron chi connectivity index (χ4n) is 11.2. The molecule has 0 rings (SSSR count). The molecular formula is C77H142O6. The fraction of sp³-hybridized carbons (Fsp3) is 0.857. The first-order valence-corrected chi connectivity index (χ1v) is 37.1. The summed E-state index contributed by atoms with van der Waals surface area (Å²) in [5.41, 5.74) is 0. The van der Waals surface area contributed by atoms with Crippen LogP contribution in [0.1, 0.15) is 406 Å². The molecule has 0 aliphatic rings. The van der Waals surface area contributed by atoms with E-state index in [1.807, 2.05) is 0 Å². The van der Waals surface area contributed by atoms with Gasteiger partial charge in [-0.25, -0.2) is 0 Å². The maximum Gasteiger partial charge on any atom is 0.306 e. The monoisotopic (exact) mass is 1160 g/mol. The predicted octanol–water partition coefficient (Wildman–Crippen LogP) is 25.7. The lowest BCUT2D eigenvalue weighted by molar-refractivity contribution is -0.167. The van der Waals surface area contributed by atoms with Gasteiger partial charge in [-0.3, -0.25) is 14.4 Å². The lowest BCUT2D eigenvalue weighted by Gasteiger charge is -2.18. The molecule has 486 valence electrons. The minimum Gasteiger partial charge on any atom is -0.462 e. The molecule has 0 bridgehead atoms. The number of rotatable bonds is 69. The van der Waals surface area contributed by atoms with Crippen LogP contribution in [0.15, 0.2) is 48.6 Å². The second-order valence-corrected chi connectivity index (χ2v) is 25.2. The van der Waals surface area contributed by atoms with Gasteiger partial charge in [0.05, 0.1) is 0 Å². The number of hydrogen-bond donors (Lipinski definition) is 0. The van der Waals surface area contributed by atoms with Crippen LogP contribution in [0, 0.1) is 0 Å². The van der Waals surface area contributed by atoms with Crippen molar-refractivity contribution in [1.29, 1.82) is 0 Å². The largest absolute Gasteiger partial charge is 0.462 e. The van der Waals surface area contributed by atoms with Crippen LogP contribution in [0.5, 0.6) is 0 Å². The summed E-state index contributed by atoms with van der Waals surface area (Å²) in [5, 5.41) is 0. The van der Waals surface area contributed by atoms with Crippen molar-refractivity contribution in [1.82, 2.24) is 0 Å². The normalized spacial score (nSPS) is 12.3. The van der Waals surface area contributed by atoms with Gasteiger partial charge in [-0.15, -0.1) is 0 Å². The molecule has 0 saturated heterocycles. The second kappa shape index (κ2) is 71.8. The van der Waals surface area contributed by atoms with Crippen LogP contribution in [0.25, 0.3) is 0 Å². The van der Waals surface area contributed by atoms with Crippen LogP contribution in [-0.4, -0.2) is 37.2 Å². The molecule has 1 atom stereocenters. The molecule has 0 spiro atoms. The Labute approximate surface area is 518 Å². The minimum atomic E-state index is -0.767. The smallest absolute Gasteiger partial charge is 0.306 e. The molecule has 0 saturated carbocycles. The molecule has 6 nitrogen and oxygen atoms in total. The average Bonchev–Trinajstić information content (AvgIpc) is 3.49. The lowest BCUT2D eigenvalue weighted by Crippen LogP contribution is -2.30. The third-order valence-corrected chi connectivity index (χ3v) is 16.8. The molecule has 0 radical (unpaired) electrons. The molecule has 6 heteroatoms. The Morgan fingerprint density at radius 1 is 0.241 bits per heavy atom. The van der Waals surface area contributed by atoms with Gasteiger partial charge in [-0.1, -0.05) is 352 Å². The Bertz CT molecular complexity index is 1430. The summed E-state index contributed by atoms with van der Waals surface area (Å²) in [6.07, 6.45) is 92.2.